The molecule has 1 aliphatic rings. The topological polar surface area (TPSA) is 45.7 Å². The van der Waals surface area contributed by atoms with Crippen molar-refractivity contribution in [3.63, 3.8) is 0 Å². The summed E-state index contributed by atoms with van der Waals surface area (Å²) in [6.45, 7) is 0.456. The summed E-state index contributed by atoms with van der Waals surface area (Å²) in [5.41, 5.74) is 0.927. The smallest absolute Gasteiger partial charge is 0.391 e. The molecule has 2 N–H and O–H groups in total. The summed E-state index contributed by atoms with van der Waals surface area (Å²) in [4.78, 5) is 4.12. The van der Waals surface area contributed by atoms with Gasteiger partial charge in [0.2, 0.25) is 0 Å². The molecule has 0 heterocycles. The summed E-state index contributed by atoms with van der Waals surface area (Å²) < 4.78 is 45.0. The molecule has 1 aliphatic carbocycles. The average Bonchev–Trinajstić information content (AvgIpc) is 2.58. The molecule has 1 aromatic rings. The Balaban J connectivity index is 1.94. The molecule has 2 rings (SSSR count). The van der Waals surface area contributed by atoms with Crippen LogP contribution in [0.1, 0.15) is 31.2 Å². The third kappa shape index (κ3) is 5.80. The summed E-state index contributed by atoms with van der Waals surface area (Å²) in [6.07, 6.45) is -2.54. The van der Waals surface area contributed by atoms with Crippen LogP contribution < -0.4 is 15.4 Å². The zero-order chi connectivity index (χ0) is 18.4. The van der Waals surface area contributed by atoms with Gasteiger partial charge in [0.25, 0.3) is 0 Å². The summed E-state index contributed by atoms with van der Waals surface area (Å²) in [7, 11) is 3.21. The van der Waals surface area contributed by atoms with Crippen molar-refractivity contribution in [3.8, 4) is 5.75 Å². The largest absolute Gasteiger partial charge is 0.496 e. The number of alkyl halides is 3. The highest BCUT2D eigenvalue weighted by atomic mass is 79.9. The minimum absolute atomic E-state index is 0.0877. The van der Waals surface area contributed by atoms with Crippen LogP contribution in [0.5, 0.6) is 5.75 Å². The van der Waals surface area contributed by atoms with E-state index < -0.39 is 12.1 Å². The van der Waals surface area contributed by atoms with Crippen molar-refractivity contribution < 1.29 is 17.9 Å². The van der Waals surface area contributed by atoms with Crippen LogP contribution in [0.15, 0.2) is 27.7 Å². The second-order valence-corrected chi connectivity index (χ2v) is 7.04. The minimum Gasteiger partial charge on any atom is -0.496 e. The molecule has 0 spiro atoms. The van der Waals surface area contributed by atoms with E-state index in [0.717, 1.165) is 15.8 Å². The van der Waals surface area contributed by atoms with E-state index in [2.05, 4.69) is 31.6 Å². The number of nitrogens with zero attached hydrogens (tertiary/aromatic N) is 1. The standard InChI is InChI=1S/C17H23BrF3N3O/c1-22-16(23-10-11-8-13(18)6-7-15(11)25-2)24-14-5-3-4-12(9-14)17(19,20)21/h6-8,12,14H,3-5,9-10H2,1-2H3,(H2,22,23,24). The van der Waals surface area contributed by atoms with Gasteiger partial charge in [0, 0.05) is 29.7 Å². The van der Waals surface area contributed by atoms with Crippen LogP contribution >= 0.6 is 15.9 Å². The van der Waals surface area contributed by atoms with Gasteiger partial charge in [-0.15, -0.1) is 0 Å². The highest BCUT2D eigenvalue weighted by molar-refractivity contribution is 9.10. The van der Waals surface area contributed by atoms with E-state index in [0.29, 0.717) is 25.3 Å². The van der Waals surface area contributed by atoms with Crippen molar-refractivity contribution in [2.75, 3.05) is 14.2 Å². The number of benzene rings is 1. The van der Waals surface area contributed by atoms with Gasteiger partial charge in [-0.1, -0.05) is 22.4 Å². The molecule has 8 heteroatoms. The molecule has 2 atom stereocenters. The lowest BCUT2D eigenvalue weighted by Gasteiger charge is -2.32. The Kier molecular flexibility index (Phi) is 6.98. The summed E-state index contributed by atoms with van der Waals surface area (Å²) >= 11 is 3.42. The van der Waals surface area contributed by atoms with Crippen LogP contribution in [0, 0.1) is 5.92 Å². The number of hydrogen-bond acceptors (Lipinski definition) is 2. The van der Waals surface area contributed by atoms with E-state index in [1.54, 1.807) is 14.2 Å². The average molecular weight is 422 g/mol. The van der Waals surface area contributed by atoms with E-state index in [4.69, 9.17) is 4.74 Å². The first kappa shape index (κ1) is 19.9. The van der Waals surface area contributed by atoms with Gasteiger partial charge in [0.15, 0.2) is 5.96 Å². The normalized spacial score (nSPS) is 21.8. The lowest BCUT2D eigenvalue weighted by Crippen LogP contribution is -2.46. The van der Waals surface area contributed by atoms with Crippen molar-refractivity contribution in [1.29, 1.82) is 0 Å². The quantitative estimate of drug-likeness (QED) is 0.564. The molecule has 0 saturated heterocycles. The SMILES string of the molecule is CN=C(NCc1cc(Br)ccc1OC)NC1CCCC(C(F)(F)F)C1. The van der Waals surface area contributed by atoms with Gasteiger partial charge in [-0.3, -0.25) is 4.99 Å². The fraction of sp³-hybridized carbons (Fsp3) is 0.588. The molecule has 0 radical (unpaired) electrons. The maximum atomic E-state index is 12.9. The highest BCUT2D eigenvalue weighted by Gasteiger charge is 2.42. The zero-order valence-corrected chi connectivity index (χ0v) is 15.9. The summed E-state index contributed by atoms with van der Waals surface area (Å²) in [6, 6.07) is 5.44. The molecule has 25 heavy (non-hydrogen) atoms. The number of halogens is 4. The molecule has 4 nitrogen and oxygen atoms in total. The molecule has 0 aromatic heterocycles. The van der Waals surface area contributed by atoms with Crippen LogP contribution in [0.4, 0.5) is 13.2 Å². The zero-order valence-electron chi connectivity index (χ0n) is 14.3. The van der Waals surface area contributed by atoms with Gasteiger partial charge in [0.05, 0.1) is 13.0 Å². The van der Waals surface area contributed by atoms with Crippen molar-refractivity contribution in [1.82, 2.24) is 10.6 Å². The first-order valence-electron chi connectivity index (χ1n) is 8.19. The molecule has 1 fully saturated rings. The summed E-state index contributed by atoms with van der Waals surface area (Å²) in [5, 5.41) is 6.26. The van der Waals surface area contributed by atoms with E-state index in [1.807, 2.05) is 18.2 Å². The Labute approximate surface area is 154 Å². The molecule has 1 aromatic carbocycles. The van der Waals surface area contributed by atoms with Gasteiger partial charge in [0.1, 0.15) is 5.75 Å². The fourth-order valence-electron chi connectivity index (χ4n) is 3.07. The fourth-order valence-corrected chi connectivity index (χ4v) is 3.48. The van der Waals surface area contributed by atoms with Gasteiger partial charge >= 0.3 is 6.18 Å². The maximum absolute atomic E-state index is 12.9. The predicted octanol–water partition coefficient (Wildman–Crippen LogP) is 4.24. The minimum atomic E-state index is -4.12. The molecule has 0 bridgehead atoms. The van der Waals surface area contributed by atoms with Crippen LogP contribution in [-0.4, -0.2) is 32.3 Å². The number of rotatable bonds is 4. The lowest BCUT2D eigenvalue weighted by atomic mass is 9.85. The van der Waals surface area contributed by atoms with Gasteiger partial charge in [-0.2, -0.15) is 13.2 Å². The van der Waals surface area contributed by atoms with Crippen LogP contribution in [0.2, 0.25) is 0 Å². The first-order chi connectivity index (χ1) is 11.8. The van der Waals surface area contributed by atoms with Crippen molar-refractivity contribution in [2.24, 2.45) is 10.9 Å². The number of aliphatic imine (C=N–C) groups is 1. The third-order valence-electron chi connectivity index (χ3n) is 4.39. The van der Waals surface area contributed by atoms with Gasteiger partial charge in [-0.05, 0) is 37.5 Å². The van der Waals surface area contributed by atoms with Crippen molar-refractivity contribution in [3.05, 3.63) is 28.2 Å². The van der Waals surface area contributed by atoms with Gasteiger partial charge in [-0.25, -0.2) is 0 Å². The van der Waals surface area contributed by atoms with E-state index in [1.165, 1.54) is 0 Å². The van der Waals surface area contributed by atoms with Crippen LogP contribution in [0.25, 0.3) is 0 Å². The summed E-state index contributed by atoms with van der Waals surface area (Å²) in [5.74, 6) is -0.00200. The van der Waals surface area contributed by atoms with Crippen LogP contribution in [0.3, 0.4) is 0 Å². The van der Waals surface area contributed by atoms with E-state index >= 15 is 0 Å². The third-order valence-corrected chi connectivity index (χ3v) is 4.88. The molecule has 1 saturated carbocycles. The van der Waals surface area contributed by atoms with E-state index in [-0.39, 0.29) is 18.9 Å². The molecule has 2 unspecified atom stereocenters. The molecule has 140 valence electrons. The monoisotopic (exact) mass is 421 g/mol. The Morgan fingerprint density at radius 1 is 1.36 bits per heavy atom. The van der Waals surface area contributed by atoms with E-state index in [9.17, 15) is 13.2 Å². The Hall–Kier alpha value is -1.44. The number of nitrogens with one attached hydrogen (secondary N) is 2. The van der Waals surface area contributed by atoms with Crippen molar-refractivity contribution >= 4 is 21.9 Å². The van der Waals surface area contributed by atoms with Gasteiger partial charge < -0.3 is 15.4 Å². The number of guanidine groups is 1. The Morgan fingerprint density at radius 2 is 2.12 bits per heavy atom. The second kappa shape index (κ2) is 8.78. The van der Waals surface area contributed by atoms with Crippen LogP contribution in [-0.2, 0) is 6.54 Å². The lowest BCUT2D eigenvalue weighted by molar-refractivity contribution is -0.183. The predicted molar refractivity (Wildman–Crippen MR) is 95.8 cm³/mol. The molecule has 0 amide bonds. The molecular weight excluding hydrogens is 399 g/mol. The molecule has 0 aliphatic heterocycles. The highest BCUT2D eigenvalue weighted by Crippen LogP contribution is 2.37. The Bertz CT molecular complexity index is 607. The van der Waals surface area contributed by atoms with Crippen molar-refractivity contribution in [2.45, 2.75) is 44.4 Å². The molecular formula is C17H23BrF3N3O. The maximum Gasteiger partial charge on any atom is 0.391 e. The first-order valence-corrected chi connectivity index (χ1v) is 8.99. The Morgan fingerprint density at radius 3 is 2.76 bits per heavy atom. The number of hydrogen-bond donors (Lipinski definition) is 2. The number of ether oxygens (including phenoxy) is 1. The number of methoxy groups -OCH3 is 1. The second-order valence-electron chi connectivity index (χ2n) is 6.13.